The molecular weight excluding hydrogens is 412 g/mol. The number of anilines is 1. The molecule has 2 N–H and O–H groups in total. The standard InChI is InChI=1S/C16H27NO6S2.2Na/c1-14-11-15(2)13-16(12-14)17(7-3-5-9-24(18,19)20)8-4-6-10-25(21,22)23;;/h11-13H,3-10H2,1-2H3,(H,18,19,20)(H,21,22,23);;/q;2*+1. The van der Waals surface area contributed by atoms with Crippen molar-refractivity contribution in [2.75, 3.05) is 29.5 Å². The smallest absolute Gasteiger partial charge is 0.372 e. The van der Waals surface area contributed by atoms with E-state index in [9.17, 15) is 16.8 Å². The van der Waals surface area contributed by atoms with Crippen LogP contribution in [0.5, 0.6) is 0 Å². The molecule has 0 aliphatic heterocycles. The monoisotopic (exact) mass is 439 g/mol. The van der Waals surface area contributed by atoms with Gasteiger partial charge in [-0.25, -0.2) is 0 Å². The summed E-state index contributed by atoms with van der Waals surface area (Å²) in [7, 11) is -7.90. The number of unbranched alkanes of at least 4 members (excludes halogenated alkanes) is 2. The first-order chi connectivity index (χ1) is 11.5. The molecule has 1 rings (SSSR count). The van der Waals surface area contributed by atoms with E-state index in [2.05, 4.69) is 11.0 Å². The Balaban J connectivity index is 0. The van der Waals surface area contributed by atoms with Crippen LogP contribution in [0.4, 0.5) is 5.69 Å². The van der Waals surface area contributed by atoms with E-state index in [0.29, 0.717) is 38.8 Å². The fraction of sp³-hybridized carbons (Fsp3) is 0.625. The van der Waals surface area contributed by atoms with Crippen molar-refractivity contribution in [2.24, 2.45) is 0 Å². The van der Waals surface area contributed by atoms with Crippen LogP contribution in [0.25, 0.3) is 0 Å². The summed E-state index contributed by atoms with van der Waals surface area (Å²) >= 11 is 0. The van der Waals surface area contributed by atoms with Gasteiger partial charge in [0, 0.05) is 18.8 Å². The first-order valence-corrected chi connectivity index (χ1v) is 11.4. The Morgan fingerprint density at radius 1 is 0.741 bits per heavy atom. The van der Waals surface area contributed by atoms with Crippen LogP contribution < -0.4 is 64.0 Å². The Bertz CT molecular complexity index is 709. The Kier molecular flexibility index (Phi) is 15.5. The second kappa shape index (κ2) is 14.0. The third-order valence-corrected chi connectivity index (χ3v) is 5.34. The summed E-state index contributed by atoms with van der Waals surface area (Å²) in [6.07, 6.45) is 1.88. The van der Waals surface area contributed by atoms with Crippen molar-refractivity contribution in [3.8, 4) is 0 Å². The van der Waals surface area contributed by atoms with Gasteiger partial charge in [0.15, 0.2) is 0 Å². The van der Waals surface area contributed by atoms with Crippen LogP contribution in [0.3, 0.4) is 0 Å². The van der Waals surface area contributed by atoms with Crippen LogP contribution in [0, 0.1) is 13.8 Å². The van der Waals surface area contributed by atoms with Gasteiger partial charge in [-0.1, -0.05) is 6.07 Å². The van der Waals surface area contributed by atoms with Crippen LogP contribution in [-0.2, 0) is 20.2 Å². The van der Waals surface area contributed by atoms with Crippen LogP contribution >= 0.6 is 0 Å². The molecule has 0 saturated heterocycles. The van der Waals surface area contributed by atoms with Crippen molar-refractivity contribution < 1.29 is 85.1 Å². The maximum Gasteiger partial charge on any atom is 1.00 e. The molecule has 0 aliphatic rings. The first-order valence-electron chi connectivity index (χ1n) is 8.20. The van der Waals surface area contributed by atoms with Crippen molar-refractivity contribution in [1.82, 2.24) is 0 Å². The summed E-state index contributed by atoms with van der Waals surface area (Å²) < 4.78 is 60.8. The number of rotatable bonds is 11. The van der Waals surface area contributed by atoms with Crippen molar-refractivity contribution in [1.29, 1.82) is 0 Å². The zero-order valence-corrected chi connectivity index (χ0v) is 22.3. The van der Waals surface area contributed by atoms with Gasteiger partial charge in [-0.15, -0.1) is 0 Å². The van der Waals surface area contributed by atoms with Crippen LogP contribution in [-0.4, -0.2) is 50.5 Å². The van der Waals surface area contributed by atoms with Gasteiger partial charge in [0.25, 0.3) is 20.2 Å². The summed E-state index contributed by atoms with van der Waals surface area (Å²) in [5.74, 6) is -0.535. The molecule has 0 atom stereocenters. The van der Waals surface area contributed by atoms with Gasteiger partial charge in [0.1, 0.15) is 0 Å². The predicted molar refractivity (Wildman–Crippen MR) is 99.4 cm³/mol. The Hall–Kier alpha value is 0.840. The zero-order chi connectivity index (χ0) is 19.1. The van der Waals surface area contributed by atoms with Gasteiger partial charge in [-0.3, -0.25) is 9.11 Å². The summed E-state index contributed by atoms with van der Waals surface area (Å²) in [5, 5.41) is 0. The molecule has 1 aromatic carbocycles. The molecule has 7 nitrogen and oxygen atoms in total. The molecule has 0 heterocycles. The molecule has 0 aromatic heterocycles. The summed E-state index contributed by atoms with van der Waals surface area (Å²) in [6, 6.07) is 6.11. The number of aryl methyl sites for hydroxylation is 2. The van der Waals surface area contributed by atoms with Gasteiger partial charge in [-0.05, 0) is 62.8 Å². The van der Waals surface area contributed by atoms with Crippen LogP contribution in [0.2, 0.25) is 0 Å². The van der Waals surface area contributed by atoms with Gasteiger partial charge < -0.3 is 4.90 Å². The average Bonchev–Trinajstić information content (AvgIpc) is 2.42. The average molecular weight is 440 g/mol. The van der Waals surface area contributed by atoms with Crippen molar-refractivity contribution in [3.05, 3.63) is 29.3 Å². The molecule has 0 saturated carbocycles. The molecule has 11 heteroatoms. The van der Waals surface area contributed by atoms with Crippen molar-refractivity contribution >= 4 is 25.9 Å². The topological polar surface area (TPSA) is 112 Å². The van der Waals surface area contributed by atoms with Gasteiger partial charge in [0.2, 0.25) is 0 Å². The summed E-state index contributed by atoms with van der Waals surface area (Å²) in [5.41, 5.74) is 3.21. The van der Waals surface area contributed by atoms with Gasteiger partial charge >= 0.3 is 59.1 Å². The fourth-order valence-electron chi connectivity index (χ4n) is 2.68. The second-order valence-electron chi connectivity index (χ2n) is 6.32. The SMILES string of the molecule is Cc1cc(C)cc(N(CCCCS(=O)(=O)O)CCCCS(=O)(=O)O)c1.[Na+].[Na+]. The number of benzene rings is 1. The maximum atomic E-state index is 10.8. The normalized spacial score (nSPS) is 11.4. The summed E-state index contributed by atoms with van der Waals surface area (Å²) in [6.45, 7) is 5.19. The Morgan fingerprint density at radius 2 is 1.11 bits per heavy atom. The summed E-state index contributed by atoms with van der Waals surface area (Å²) in [4.78, 5) is 2.08. The van der Waals surface area contributed by atoms with E-state index in [0.717, 1.165) is 16.8 Å². The Labute approximate surface area is 207 Å². The molecule has 0 unspecified atom stereocenters. The largest absolute Gasteiger partial charge is 1.00 e. The van der Waals surface area contributed by atoms with E-state index in [1.807, 2.05) is 26.0 Å². The molecule has 0 aliphatic carbocycles. The molecule has 0 radical (unpaired) electrons. The van der Waals surface area contributed by atoms with Gasteiger partial charge in [0.05, 0.1) is 11.5 Å². The second-order valence-corrected chi connectivity index (χ2v) is 9.46. The number of hydrogen-bond donors (Lipinski definition) is 2. The van der Waals surface area contributed by atoms with E-state index in [4.69, 9.17) is 9.11 Å². The van der Waals surface area contributed by atoms with Gasteiger partial charge in [-0.2, -0.15) is 16.8 Å². The van der Waals surface area contributed by atoms with Crippen molar-refractivity contribution in [2.45, 2.75) is 39.5 Å². The molecule has 1 aromatic rings. The van der Waals surface area contributed by atoms with E-state index in [1.165, 1.54) is 0 Å². The minimum absolute atomic E-state index is 0. The van der Waals surface area contributed by atoms with Crippen LogP contribution in [0.1, 0.15) is 36.8 Å². The molecule has 144 valence electrons. The third kappa shape index (κ3) is 15.4. The quantitative estimate of drug-likeness (QED) is 0.209. The minimum atomic E-state index is -3.95. The molecular formula is C16H27NNa2O6S2+2. The number of nitrogens with zero attached hydrogens (tertiary/aromatic N) is 1. The zero-order valence-electron chi connectivity index (χ0n) is 16.7. The third-order valence-electron chi connectivity index (χ3n) is 3.73. The molecule has 0 amide bonds. The van der Waals surface area contributed by atoms with E-state index < -0.39 is 20.2 Å². The van der Waals surface area contributed by atoms with Crippen LogP contribution in [0.15, 0.2) is 18.2 Å². The molecule has 0 fully saturated rings. The van der Waals surface area contributed by atoms with E-state index in [-0.39, 0.29) is 70.6 Å². The molecule has 0 bridgehead atoms. The number of hydrogen-bond acceptors (Lipinski definition) is 5. The molecule has 0 spiro atoms. The Morgan fingerprint density at radius 3 is 1.44 bits per heavy atom. The fourth-order valence-corrected chi connectivity index (χ4v) is 3.82. The van der Waals surface area contributed by atoms with E-state index in [1.54, 1.807) is 0 Å². The maximum absolute atomic E-state index is 10.8. The van der Waals surface area contributed by atoms with E-state index >= 15 is 0 Å². The molecule has 27 heavy (non-hydrogen) atoms. The minimum Gasteiger partial charge on any atom is -0.372 e. The predicted octanol–water partition coefficient (Wildman–Crippen LogP) is -3.55. The first kappa shape index (κ1) is 30.0. The van der Waals surface area contributed by atoms with Crippen molar-refractivity contribution in [3.63, 3.8) is 0 Å².